The highest BCUT2D eigenvalue weighted by atomic mass is 32.2. The van der Waals surface area contributed by atoms with Gasteiger partial charge in [0.2, 0.25) is 0 Å². The summed E-state index contributed by atoms with van der Waals surface area (Å²) in [6, 6.07) is 6.40. The predicted octanol–water partition coefficient (Wildman–Crippen LogP) is 0.892. The second-order valence-electron chi connectivity index (χ2n) is 2.64. The minimum Gasteiger partial charge on any atom is -0.258 e. The van der Waals surface area contributed by atoms with Crippen molar-refractivity contribution < 1.29 is 13.3 Å². The maximum Gasteiger partial charge on any atom is 0.288 e. The van der Waals surface area contributed by atoms with E-state index in [1.807, 2.05) is 0 Å². The topological polar surface area (TPSA) is 101 Å². The van der Waals surface area contributed by atoms with Crippen LogP contribution in [0.2, 0.25) is 0 Å². The molecule has 0 spiro atoms. The summed E-state index contributed by atoms with van der Waals surface area (Å²) in [5.74, 6) is -0.766. The van der Waals surface area contributed by atoms with Crippen LogP contribution < -0.4 is 0 Å². The molecule has 15 heavy (non-hydrogen) atoms. The smallest absolute Gasteiger partial charge is 0.258 e. The molecule has 7 heteroatoms. The Morgan fingerprint density at radius 1 is 1.40 bits per heavy atom. The van der Waals surface area contributed by atoms with E-state index in [4.69, 9.17) is 5.26 Å². The van der Waals surface area contributed by atoms with E-state index in [2.05, 4.69) is 0 Å². The molecule has 6 nitrogen and oxygen atoms in total. The summed E-state index contributed by atoms with van der Waals surface area (Å²) in [6.45, 7) is 0. The maximum absolute atomic E-state index is 11.4. The van der Waals surface area contributed by atoms with Gasteiger partial charge in [-0.2, -0.15) is 5.26 Å². The Labute approximate surface area is 85.8 Å². The predicted molar refractivity (Wildman–Crippen MR) is 50.8 cm³/mol. The Hall–Kier alpha value is -1.94. The van der Waals surface area contributed by atoms with Gasteiger partial charge < -0.3 is 0 Å². The van der Waals surface area contributed by atoms with Crippen LogP contribution in [0.5, 0.6) is 0 Å². The number of para-hydroxylation sites is 1. The molecule has 0 saturated heterocycles. The van der Waals surface area contributed by atoms with Crippen LogP contribution in [-0.4, -0.2) is 19.1 Å². The van der Waals surface area contributed by atoms with Crippen LogP contribution >= 0.6 is 0 Å². The molecule has 0 fully saturated rings. The summed E-state index contributed by atoms with van der Waals surface area (Å²) in [5, 5.41) is 18.8. The lowest BCUT2D eigenvalue weighted by Crippen LogP contribution is -2.07. The van der Waals surface area contributed by atoms with Crippen molar-refractivity contribution in [2.45, 2.75) is 4.90 Å². The normalized spacial score (nSPS) is 10.6. The highest BCUT2D eigenvalue weighted by molar-refractivity contribution is 7.91. The first kappa shape index (κ1) is 11.1. The largest absolute Gasteiger partial charge is 0.288 e. The van der Waals surface area contributed by atoms with Crippen molar-refractivity contribution in [3.63, 3.8) is 0 Å². The number of nitro benzene ring substituents is 1. The van der Waals surface area contributed by atoms with Crippen molar-refractivity contribution in [2.75, 3.05) is 5.75 Å². The highest BCUT2D eigenvalue weighted by Crippen LogP contribution is 2.23. The molecule has 0 aromatic heterocycles. The van der Waals surface area contributed by atoms with Crippen molar-refractivity contribution in [1.82, 2.24) is 0 Å². The Kier molecular flexibility index (Phi) is 3.01. The van der Waals surface area contributed by atoms with Crippen molar-refractivity contribution in [2.24, 2.45) is 0 Å². The van der Waals surface area contributed by atoms with E-state index in [0.29, 0.717) is 0 Å². The lowest BCUT2D eigenvalue weighted by Gasteiger charge is -2.00. The van der Waals surface area contributed by atoms with Crippen molar-refractivity contribution in [3.05, 3.63) is 34.4 Å². The quantitative estimate of drug-likeness (QED) is 0.562. The van der Waals surface area contributed by atoms with E-state index in [9.17, 15) is 18.5 Å². The molecule has 0 amide bonds. The van der Waals surface area contributed by atoms with Gasteiger partial charge in [-0.1, -0.05) is 12.1 Å². The number of benzene rings is 1. The van der Waals surface area contributed by atoms with E-state index >= 15 is 0 Å². The Balaban J connectivity index is 3.39. The molecule has 0 radical (unpaired) electrons. The average Bonchev–Trinajstić information content (AvgIpc) is 2.17. The second kappa shape index (κ2) is 4.06. The standard InChI is InChI=1S/C8H6N2O4S/c9-5-6-15(13,14)8-4-2-1-3-7(8)10(11)12/h1-4H,6H2. The summed E-state index contributed by atoms with van der Waals surface area (Å²) >= 11 is 0. The Bertz CT molecular complexity index is 530. The van der Waals surface area contributed by atoms with Crippen LogP contribution in [0.1, 0.15) is 0 Å². The molecular weight excluding hydrogens is 220 g/mol. The van der Waals surface area contributed by atoms with Crippen LogP contribution in [0.3, 0.4) is 0 Å². The molecule has 0 atom stereocenters. The highest BCUT2D eigenvalue weighted by Gasteiger charge is 2.24. The van der Waals surface area contributed by atoms with Crippen LogP contribution in [-0.2, 0) is 9.84 Å². The number of hydrogen-bond donors (Lipinski definition) is 0. The number of nitro groups is 1. The van der Waals surface area contributed by atoms with Gasteiger partial charge >= 0.3 is 0 Å². The number of nitriles is 1. The molecule has 0 aliphatic rings. The lowest BCUT2D eigenvalue weighted by atomic mass is 10.3. The van der Waals surface area contributed by atoms with Crippen LogP contribution in [0.15, 0.2) is 29.2 Å². The molecule has 0 N–H and O–H groups in total. The van der Waals surface area contributed by atoms with Crippen LogP contribution in [0.4, 0.5) is 5.69 Å². The summed E-state index contributed by atoms with van der Waals surface area (Å²) in [5.41, 5.74) is -0.507. The van der Waals surface area contributed by atoms with Gasteiger partial charge in [0.15, 0.2) is 9.84 Å². The third-order valence-corrected chi connectivity index (χ3v) is 3.18. The molecule has 78 valence electrons. The molecule has 1 rings (SSSR count). The summed E-state index contributed by atoms with van der Waals surface area (Å²) in [4.78, 5) is 9.32. The van der Waals surface area contributed by atoms with E-state index in [1.54, 1.807) is 0 Å². The fourth-order valence-electron chi connectivity index (χ4n) is 1.03. The van der Waals surface area contributed by atoms with Crippen LogP contribution in [0.25, 0.3) is 0 Å². The lowest BCUT2D eigenvalue weighted by molar-refractivity contribution is -0.387. The van der Waals surface area contributed by atoms with Gasteiger partial charge in [-0.05, 0) is 6.07 Å². The van der Waals surface area contributed by atoms with E-state index < -0.39 is 31.1 Å². The average molecular weight is 226 g/mol. The second-order valence-corrected chi connectivity index (χ2v) is 4.60. The minimum atomic E-state index is -3.89. The molecule has 0 aliphatic heterocycles. The SMILES string of the molecule is N#CCS(=O)(=O)c1ccccc1[N+](=O)[O-]. The van der Waals surface area contributed by atoms with Gasteiger partial charge in [-0.3, -0.25) is 10.1 Å². The molecule has 0 unspecified atom stereocenters. The molecule has 0 bridgehead atoms. The Morgan fingerprint density at radius 2 is 2.00 bits per heavy atom. The third kappa shape index (κ3) is 2.30. The third-order valence-electron chi connectivity index (χ3n) is 1.65. The number of nitrogens with zero attached hydrogens (tertiary/aromatic N) is 2. The molecule has 1 aromatic rings. The fraction of sp³-hybridized carbons (Fsp3) is 0.125. The first-order valence-electron chi connectivity index (χ1n) is 3.82. The zero-order valence-corrected chi connectivity index (χ0v) is 8.27. The number of hydrogen-bond acceptors (Lipinski definition) is 5. The Morgan fingerprint density at radius 3 is 2.53 bits per heavy atom. The molecule has 1 aromatic carbocycles. The summed E-state index contributed by atoms with van der Waals surface area (Å²) in [6.07, 6.45) is 0. The van der Waals surface area contributed by atoms with Crippen molar-refractivity contribution >= 4 is 15.5 Å². The fourth-order valence-corrected chi connectivity index (χ4v) is 2.11. The molecular formula is C8H6N2O4S. The van der Waals surface area contributed by atoms with Gasteiger partial charge in [-0.15, -0.1) is 0 Å². The minimum absolute atomic E-state index is 0.420. The van der Waals surface area contributed by atoms with Gasteiger partial charge in [0.1, 0.15) is 10.6 Å². The summed E-state index contributed by atoms with van der Waals surface area (Å²) < 4.78 is 22.9. The van der Waals surface area contributed by atoms with E-state index in [0.717, 1.165) is 12.1 Å². The van der Waals surface area contributed by atoms with Crippen LogP contribution in [0, 0.1) is 21.4 Å². The van der Waals surface area contributed by atoms with Gasteiger partial charge in [0.05, 0.1) is 11.0 Å². The molecule has 0 heterocycles. The zero-order chi connectivity index (χ0) is 11.5. The monoisotopic (exact) mass is 226 g/mol. The maximum atomic E-state index is 11.4. The van der Waals surface area contributed by atoms with E-state index in [-0.39, 0.29) is 0 Å². The molecule has 0 aliphatic carbocycles. The first-order valence-corrected chi connectivity index (χ1v) is 5.47. The van der Waals surface area contributed by atoms with Crippen molar-refractivity contribution in [1.29, 1.82) is 5.26 Å². The number of rotatable bonds is 3. The summed E-state index contributed by atoms with van der Waals surface area (Å²) in [7, 11) is -3.89. The zero-order valence-electron chi connectivity index (χ0n) is 7.45. The van der Waals surface area contributed by atoms with E-state index in [1.165, 1.54) is 18.2 Å². The molecule has 0 saturated carbocycles. The van der Waals surface area contributed by atoms with Gasteiger partial charge in [0.25, 0.3) is 5.69 Å². The first-order chi connectivity index (χ1) is 6.99. The van der Waals surface area contributed by atoms with Gasteiger partial charge in [0, 0.05) is 6.07 Å². The number of sulfone groups is 1. The van der Waals surface area contributed by atoms with Gasteiger partial charge in [-0.25, -0.2) is 8.42 Å². The van der Waals surface area contributed by atoms with Crippen molar-refractivity contribution in [3.8, 4) is 6.07 Å².